The first kappa shape index (κ1) is 76.5. The second-order valence-electron chi connectivity index (χ2n) is 32.5. The van der Waals surface area contributed by atoms with Crippen molar-refractivity contribution in [1.29, 1.82) is 0 Å². The van der Waals surface area contributed by atoms with Crippen LogP contribution in [0.2, 0.25) is 0 Å². The largest absolute Gasteiger partial charge is 0.497 e. The SMILES string of the molecule is CC(C)(C)C#Cc1ccccc1.CC(C)(C)C(c1ccccc1)c1ccccc1.CC(C)(C)CC(c1ccccc1)c1ccccc1.CC(C)(C)CCCC[C@H]1SCC2NC(=O)NC21.COc1ccc2c(c1)C(C(C)(C)C)CC2=O.Cc1cc2nnc(C(C)(C)C)c(C)n2n1. The van der Waals surface area contributed by atoms with Crippen LogP contribution in [-0.2, 0) is 5.41 Å². The zero-order chi connectivity index (χ0) is 69.9. The number of ketones is 1. The van der Waals surface area contributed by atoms with Crippen LogP contribution in [0, 0.1) is 52.8 Å². The molecular formula is C85H114N6O3S. The molecule has 0 bridgehead atoms. The lowest BCUT2D eigenvalue weighted by Crippen LogP contribution is -2.36. The first-order valence-corrected chi connectivity index (χ1v) is 35.4. The normalized spacial score (nSPS) is 16.7. The molecule has 2 aliphatic heterocycles. The van der Waals surface area contributed by atoms with Crippen LogP contribution in [-0.4, -0.2) is 61.8 Å². The molecule has 0 radical (unpaired) electrons. The lowest BCUT2D eigenvalue weighted by molar-refractivity contribution is 0.0974. The van der Waals surface area contributed by atoms with Crippen LogP contribution < -0.4 is 15.4 Å². The molecule has 0 spiro atoms. The Bertz CT molecular complexity index is 3620. The van der Waals surface area contributed by atoms with Gasteiger partial charge in [-0.3, -0.25) is 4.79 Å². The van der Waals surface area contributed by atoms with Gasteiger partial charge in [-0.1, -0.05) is 268 Å². The van der Waals surface area contributed by atoms with Gasteiger partial charge in [0.1, 0.15) is 5.75 Å². The summed E-state index contributed by atoms with van der Waals surface area (Å²) in [5.41, 5.74) is 13.8. The molecule has 6 aromatic carbocycles. The number of amides is 2. The number of methoxy groups -OCH3 is 1. The van der Waals surface area contributed by atoms with E-state index in [1.807, 2.05) is 84.7 Å². The van der Waals surface area contributed by atoms with Crippen LogP contribution in [0.25, 0.3) is 5.65 Å². The number of aryl methyl sites for hydroxylation is 2. The molecule has 3 aliphatic rings. The molecular weight excluding hydrogens is 1190 g/mol. The number of thioether (sulfide) groups is 1. The first-order chi connectivity index (χ1) is 44.5. The van der Waals surface area contributed by atoms with Gasteiger partial charge in [-0.05, 0) is 140 Å². The highest BCUT2D eigenvalue weighted by atomic mass is 32.2. The van der Waals surface area contributed by atoms with E-state index < -0.39 is 0 Å². The molecule has 4 heterocycles. The average Bonchev–Trinajstić information content (AvgIpc) is 1.70. The maximum Gasteiger partial charge on any atom is 0.315 e. The minimum absolute atomic E-state index is 0.00509. The Morgan fingerprint density at radius 3 is 1.59 bits per heavy atom. The summed E-state index contributed by atoms with van der Waals surface area (Å²) in [6.07, 6.45) is 6.92. The molecule has 11 rings (SSSR count). The van der Waals surface area contributed by atoms with E-state index in [2.05, 4.69) is 284 Å². The number of carbonyl (C=O) groups is 2. The van der Waals surface area contributed by atoms with E-state index in [0.29, 0.717) is 52.3 Å². The van der Waals surface area contributed by atoms with E-state index in [0.717, 1.165) is 50.9 Å². The predicted octanol–water partition coefficient (Wildman–Crippen LogP) is 21.4. The Morgan fingerprint density at radius 1 is 0.611 bits per heavy atom. The molecule has 2 saturated heterocycles. The van der Waals surface area contributed by atoms with E-state index in [1.165, 1.54) is 54.4 Å². The number of aromatic nitrogens is 4. The summed E-state index contributed by atoms with van der Waals surface area (Å²) < 4.78 is 7.09. The number of benzene rings is 6. The van der Waals surface area contributed by atoms with E-state index in [4.69, 9.17) is 4.74 Å². The number of hydrogen-bond acceptors (Lipinski definition) is 7. The second-order valence-corrected chi connectivity index (χ2v) is 33.8. The number of urea groups is 1. The fourth-order valence-corrected chi connectivity index (χ4v) is 14.0. The molecule has 4 atom stereocenters. The minimum Gasteiger partial charge on any atom is -0.497 e. The van der Waals surface area contributed by atoms with Gasteiger partial charge in [0.2, 0.25) is 0 Å². The van der Waals surface area contributed by atoms with Gasteiger partial charge < -0.3 is 15.4 Å². The number of nitrogens with one attached hydrogen (secondary N) is 2. The topological polar surface area (TPSA) is 111 Å². The molecule has 3 unspecified atom stereocenters. The molecule has 1 aliphatic carbocycles. The molecule has 2 aromatic heterocycles. The smallest absolute Gasteiger partial charge is 0.315 e. The van der Waals surface area contributed by atoms with Gasteiger partial charge in [-0.2, -0.15) is 22.0 Å². The third kappa shape index (κ3) is 24.6. The molecule has 95 heavy (non-hydrogen) atoms. The van der Waals surface area contributed by atoms with Crippen molar-refractivity contribution in [3.8, 4) is 17.6 Å². The lowest BCUT2D eigenvalue weighted by atomic mass is 9.73. The molecule has 9 nitrogen and oxygen atoms in total. The summed E-state index contributed by atoms with van der Waals surface area (Å²) in [5.74, 6) is 9.75. The van der Waals surface area contributed by atoms with Crippen molar-refractivity contribution in [2.24, 2.45) is 27.1 Å². The Labute approximate surface area is 577 Å². The number of Topliss-reactive ketones (excluding diaryl/α,β-unsaturated/α-hetero) is 1. The molecule has 2 fully saturated rings. The van der Waals surface area contributed by atoms with Gasteiger partial charge in [-0.15, -0.1) is 5.10 Å². The van der Waals surface area contributed by atoms with Crippen molar-refractivity contribution in [3.63, 3.8) is 0 Å². The van der Waals surface area contributed by atoms with Crippen molar-refractivity contribution >= 4 is 29.2 Å². The monoisotopic (exact) mass is 1300 g/mol. The van der Waals surface area contributed by atoms with Crippen molar-refractivity contribution < 1.29 is 14.3 Å². The number of fused-ring (bicyclic) bond motifs is 3. The van der Waals surface area contributed by atoms with Gasteiger partial charge in [0.15, 0.2) is 11.4 Å². The van der Waals surface area contributed by atoms with Crippen molar-refractivity contribution in [2.75, 3.05) is 12.9 Å². The van der Waals surface area contributed by atoms with Gasteiger partial charge in [0.25, 0.3) is 0 Å². The highest BCUT2D eigenvalue weighted by Crippen LogP contribution is 2.46. The third-order valence-electron chi connectivity index (χ3n) is 17.1. The maximum atomic E-state index is 11.9. The number of nitrogens with zero attached hydrogens (tertiary/aromatic N) is 4. The quantitative estimate of drug-likeness (QED) is 0.0797. The summed E-state index contributed by atoms with van der Waals surface area (Å²) in [6, 6.07) is 61.8. The summed E-state index contributed by atoms with van der Waals surface area (Å²) >= 11 is 2.02. The summed E-state index contributed by atoms with van der Waals surface area (Å²) in [5, 5.41) is 19.5. The predicted molar refractivity (Wildman–Crippen MR) is 402 cm³/mol. The number of hydrogen-bond donors (Lipinski definition) is 2. The molecule has 8 aromatic rings. The molecule has 2 N–H and O–H groups in total. The standard InChI is InChI=1S/C18H22.C17H20.C14H18O2.C13H24N2OS.C12H14.C11H16N4/c1-18(2,3)14-17(15-10-6-4-7-11-15)16-12-8-5-9-13-16;1-17(2,3)16(14-10-6-4-7-11-14)15-12-8-5-9-13-15;1-14(2,3)12-8-13(15)10-6-5-9(16-4)7-11(10)12;1-13(2,3)7-5-4-6-10-11-9(8-17-10)14-12(16)15-11;1-12(2,3)10-9-11-7-5-4-6-8-11;1-7-6-9-12-13-10(11(3,4)5)8(2)15(9)14-7/h4-13,17H,14H2,1-3H3;4-13,16H,1-3H3;5-7,12H,8H2,1-4H3;9-11H,4-8H2,1-3H3,(H2,14,15,16);4-8H,1-3H3;6H,1-5H3/t;;;9?,10-,11?;;/m...1../s1. The zero-order valence-electron chi connectivity index (χ0n) is 61.6. The van der Waals surface area contributed by atoms with Crippen molar-refractivity contribution in [3.05, 3.63) is 232 Å². The van der Waals surface area contributed by atoms with Crippen LogP contribution in [0.1, 0.15) is 242 Å². The van der Waals surface area contributed by atoms with Gasteiger partial charge >= 0.3 is 6.03 Å². The Balaban J connectivity index is 0.000000181. The van der Waals surface area contributed by atoms with Gasteiger partial charge in [0, 0.05) is 57.3 Å². The van der Waals surface area contributed by atoms with Crippen LogP contribution in [0.3, 0.4) is 0 Å². The highest BCUT2D eigenvalue weighted by molar-refractivity contribution is 8.00. The maximum absolute atomic E-state index is 11.9. The fraction of sp³-hybridized carbons (Fsp3) is 0.471. The number of ether oxygens (including phenoxy) is 1. The summed E-state index contributed by atoms with van der Waals surface area (Å²) in [4.78, 5) is 23.1. The van der Waals surface area contributed by atoms with Crippen LogP contribution in [0.5, 0.6) is 5.75 Å². The van der Waals surface area contributed by atoms with E-state index in [1.54, 1.807) is 7.11 Å². The van der Waals surface area contributed by atoms with Crippen LogP contribution in [0.4, 0.5) is 4.79 Å². The highest BCUT2D eigenvalue weighted by Gasteiger charge is 2.43. The zero-order valence-corrected chi connectivity index (χ0v) is 62.4. The van der Waals surface area contributed by atoms with Gasteiger partial charge in [0.05, 0.1) is 36.3 Å². The average molecular weight is 1300 g/mol. The summed E-state index contributed by atoms with van der Waals surface area (Å²) in [6.45, 7) is 44.0. The number of rotatable bonds is 10. The van der Waals surface area contributed by atoms with Gasteiger partial charge in [-0.25, -0.2) is 9.31 Å². The molecule has 10 heteroatoms. The minimum atomic E-state index is 0.00509. The third-order valence-corrected chi connectivity index (χ3v) is 18.6. The second kappa shape index (κ2) is 34.0. The van der Waals surface area contributed by atoms with Crippen molar-refractivity contribution in [2.45, 2.75) is 218 Å². The Kier molecular flexibility index (Phi) is 27.4. The summed E-state index contributed by atoms with van der Waals surface area (Å²) in [7, 11) is 1.66. The Morgan fingerprint density at radius 2 is 1.13 bits per heavy atom. The van der Waals surface area contributed by atoms with E-state index in [-0.39, 0.29) is 33.5 Å². The fourth-order valence-electron chi connectivity index (χ4n) is 12.5. The lowest BCUT2D eigenvalue weighted by Gasteiger charge is -2.31. The number of unbranched alkanes of at least 4 members (excludes halogenated alkanes) is 1. The number of carbonyl (C=O) groups excluding carboxylic acids is 2. The molecule has 508 valence electrons. The van der Waals surface area contributed by atoms with E-state index in [9.17, 15) is 9.59 Å². The Hall–Kier alpha value is -7.48. The van der Waals surface area contributed by atoms with E-state index >= 15 is 0 Å². The molecule has 2 amide bonds. The molecule has 0 saturated carbocycles. The van der Waals surface area contributed by atoms with Crippen LogP contribution >= 0.6 is 11.8 Å². The van der Waals surface area contributed by atoms with Crippen molar-refractivity contribution in [1.82, 2.24) is 30.4 Å². The van der Waals surface area contributed by atoms with Crippen LogP contribution in [0.15, 0.2) is 176 Å². The first-order valence-electron chi connectivity index (χ1n) is 34.4.